The van der Waals surface area contributed by atoms with Gasteiger partial charge in [0.15, 0.2) is 0 Å². The fourth-order valence-electron chi connectivity index (χ4n) is 3.38. The van der Waals surface area contributed by atoms with Crippen molar-refractivity contribution >= 4 is 44.2 Å². The Balaban J connectivity index is 1.55. The number of hydrogen-bond donors (Lipinski definition) is 1. The van der Waals surface area contributed by atoms with E-state index in [2.05, 4.69) is 34.5 Å². The van der Waals surface area contributed by atoms with Gasteiger partial charge >= 0.3 is 0 Å². The molecule has 0 aliphatic heterocycles. The lowest BCUT2D eigenvalue weighted by Crippen LogP contribution is -2.28. The molecule has 0 bridgehead atoms. The number of carbonyl (C=O) groups excluding carboxylic acids is 1. The summed E-state index contributed by atoms with van der Waals surface area (Å²) in [5.41, 5.74) is 4.24. The highest BCUT2D eigenvalue weighted by molar-refractivity contribution is 7.92. The molecular weight excluding hydrogens is 416 g/mol. The average Bonchev–Trinajstić information content (AvgIpc) is 3.37. The third-order valence-electron chi connectivity index (χ3n) is 4.79. The second-order valence-electron chi connectivity index (χ2n) is 6.89. The summed E-state index contributed by atoms with van der Waals surface area (Å²) in [7, 11) is -3.84. The quantitative estimate of drug-likeness (QED) is 0.450. The Hall–Kier alpha value is -3.16. The van der Waals surface area contributed by atoms with Gasteiger partial charge in [0, 0.05) is 29.7 Å². The molecule has 0 unspecified atom stereocenters. The normalized spacial score (nSPS) is 11.9. The Bertz CT molecular complexity index is 1330. The van der Waals surface area contributed by atoms with Crippen molar-refractivity contribution in [3.05, 3.63) is 95.0 Å². The number of carbonyl (C=O) groups is 1. The fraction of sp³-hybridized carbons (Fsp3) is 0.0870. The zero-order chi connectivity index (χ0) is 21.1. The van der Waals surface area contributed by atoms with Gasteiger partial charge < -0.3 is 4.57 Å². The van der Waals surface area contributed by atoms with Crippen LogP contribution in [0.1, 0.15) is 16.7 Å². The van der Waals surface area contributed by atoms with Crippen LogP contribution in [-0.4, -0.2) is 18.9 Å². The molecule has 0 radical (unpaired) electrons. The van der Waals surface area contributed by atoms with Gasteiger partial charge in [0.05, 0.1) is 0 Å². The third-order valence-corrected chi connectivity index (χ3v) is 7.54. The lowest BCUT2D eigenvalue weighted by molar-refractivity contribution is -0.114. The molecule has 2 heterocycles. The molecule has 0 atom stereocenters. The van der Waals surface area contributed by atoms with Gasteiger partial charge in [-0.15, -0.1) is 11.3 Å². The minimum Gasteiger partial charge on any atom is -0.343 e. The standard InChI is InChI=1S/C23H20N2O3S2/c1-17-15-25(21-10-5-4-9-20(17)21)16-19-8-3-2-7-18(19)12-13-22(26)24-30(27,28)23-11-6-14-29-23/h2-15H,16H2,1H3,(H,24,26). The number of nitrogens with one attached hydrogen (secondary N) is 1. The number of benzene rings is 2. The number of aryl methyl sites for hydroxylation is 1. The number of para-hydroxylation sites is 1. The van der Waals surface area contributed by atoms with Crippen molar-refractivity contribution in [2.75, 3.05) is 0 Å². The lowest BCUT2D eigenvalue weighted by atomic mass is 10.1. The van der Waals surface area contributed by atoms with Crippen LogP contribution in [0.4, 0.5) is 0 Å². The van der Waals surface area contributed by atoms with Crippen LogP contribution in [0.5, 0.6) is 0 Å². The SMILES string of the molecule is Cc1cn(Cc2ccccc2C=CC(=O)NS(=O)(=O)c2cccs2)c2ccccc12. The number of rotatable bonds is 6. The summed E-state index contributed by atoms with van der Waals surface area (Å²) >= 11 is 1.06. The van der Waals surface area contributed by atoms with Crippen molar-refractivity contribution in [3.63, 3.8) is 0 Å². The number of hydrogen-bond acceptors (Lipinski definition) is 4. The van der Waals surface area contributed by atoms with Gasteiger partial charge in [-0.05, 0) is 47.2 Å². The van der Waals surface area contributed by atoms with Gasteiger partial charge in [0.1, 0.15) is 4.21 Å². The summed E-state index contributed by atoms with van der Waals surface area (Å²) in [5, 5.41) is 2.86. The molecule has 0 spiro atoms. The first-order valence-corrected chi connectivity index (χ1v) is 11.7. The van der Waals surface area contributed by atoms with E-state index in [9.17, 15) is 13.2 Å². The summed E-state index contributed by atoms with van der Waals surface area (Å²) in [6, 6.07) is 19.1. The summed E-state index contributed by atoms with van der Waals surface area (Å²) < 4.78 is 28.7. The number of thiophene rings is 1. The first kappa shape index (κ1) is 20.1. The van der Waals surface area contributed by atoms with Crippen molar-refractivity contribution in [3.8, 4) is 0 Å². The van der Waals surface area contributed by atoms with Crippen LogP contribution in [0.25, 0.3) is 17.0 Å². The maximum absolute atomic E-state index is 12.2. The van der Waals surface area contributed by atoms with E-state index in [-0.39, 0.29) is 4.21 Å². The number of nitrogens with zero attached hydrogens (tertiary/aromatic N) is 1. The number of aromatic nitrogens is 1. The molecule has 0 aliphatic rings. The van der Waals surface area contributed by atoms with Gasteiger partial charge in [-0.1, -0.05) is 48.5 Å². The van der Waals surface area contributed by atoms with E-state index < -0.39 is 15.9 Å². The second-order valence-corrected chi connectivity index (χ2v) is 9.75. The summed E-state index contributed by atoms with van der Waals surface area (Å²) in [4.78, 5) is 12.2. The number of amides is 1. The highest BCUT2D eigenvalue weighted by Crippen LogP contribution is 2.23. The number of fused-ring (bicyclic) bond motifs is 1. The van der Waals surface area contributed by atoms with Crippen molar-refractivity contribution in [1.29, 1.82) is 0 Å². The Kier molecular flexibility index (Phi) is 5.57. The van der Waals surface area contributed by atoms with Crippen molar-refractivity contribution in [2.24, 2.45) is 0 Å². The zero-order valence-electron chi connectivity index (χ0n) is 16.3. The molecule has 0 aliphatic carbocycles. The molecule has 7 heteroatoms. The van der Waals surface area contributed by atoms with Crippen molar-refractivity contribution in [2.45, 2.75) is 17.7 Å². The molecule has 152 valence electrons. The van der Waals surface area contributed by atoms with Crippen LogP contribution < -0.4 is 4.72 Å². The Morgan fingerprint density at radius 1 is 1.07 bits per heavy atom. The van der Waals surface area contributed by atoms with Crippen LogP contribution in [0.3, 0.4) is 0 Å². The molecule has 4 rings (SSSR count). The molecule has 0 saturated heterocycles. The van der Waals surface area contributed by atoms with Crippen LogP contribution in [-0.2, 0) is 21.4 Å². The maximum atomic E-state index is 12.2. The first-order valence-electron chi connectivity index (χ1n) is 9.35. The lowest BCUT2D eigenvalue weighted by Gasteiger charge is -2.09. The van der Waals surface area contributed by atoms with E-state index in [0.717, 1.165) is 28.0 Å². The highest BCUT2D eigenvalue weighted by atomic mass is 32.2. The van der Waals surface area contributed by atoms with Gasteiger partial charge in [-0.3, -0.25) is 4.79 Å². The molecule has 1 N–H and O–H groups in total. The van der Waals surface area contributed by atoms with Crippen LogP contribution >= 0.6 is 11.3 Å². The van der Waals surface area contributed by atoms with Crippen LogP contribution in [0.15, 0.2) is 82.5 Å². The molecular formula is C23H20N2O3S2. The molecule has 30 heavy (non-hydrogen) atoms. The summed E-state index contributed by atoms with van der Waals surface area (Å²) in [6.07, 6.45) is 5.02. The molecule has 1 amide bonds. The van der Waals surface area contributed by atoms with Gasteiger partial charge in [-0.2, -0.15) is 0 Å². The molecule has 5 nitrogen and oxygen atoms in total. The van der Waals surface area contributed by atoms with E-state index in [0.29, 0.717) is 6.54 Å². The highest BCUT2D eigenvalue weighted by Gasteiger charge is 2.17. The van der Waals surface area contributed by atoms with Crippen LogP contribution in [0.2, 0.25) is 0 Å². The Morgan fingerprint density at radius 3 is 2.63 bits per heavy atom. The molecule has 2 aromatic carbocycles. The van der Waals surface area contributed by atoms with Crippen LogP contribution in [0, 0.1) is 6.92 Å². The molecule has 0 saturated carbocycles. The molecule has 2 aromatic heterocycles. The van der Waals surface area contributed by atoms with Gasteiger partial charge in [0.25, 0.3) is 15.9 Å². The van der Waals surface area contributed by atoms with E-state index in [1.807, 2.05) is 36.4 Å². The second kappa shape index (κ2) is 8.30. The van der Waals surface area contributed by atoms with Gasteiger partial charge in [-0.25, -0.2) is 13.1 Å². The molecule has 0 fully saturated rings. The average molecular weight is 437 g/mol. The molecule has 4 aromatic rings. The predicted molar refractivity (Wildman–Crippen MR) is 121 cm³/mol. The minimum absolute atomic E-state index is 0.111. The van der Waals surface area contributed by atoms with Gasteiger partial charge in [0.2, 0.25) is 0 Å². The third kappa shape index (κ3) is 4.22. The van der Waals surface area contributed by atoms with E-state index in [1.54, 1.807) is 17.5 Å². The maximum Gasteiger partial charge on any atom is 0.273 e. The summed E-state index contributed by atoms with van der Waals surface area (Å²) in [5.74, 6) is -0.680. The Labute approximate surface area is 179 Å². The first-order chi connectivity index (χ1) is 14.4. The monoisotopic (exact) mass is 436 g/mol. The minimum atomic E-state index is -3.84. The van der Waals surface area contributed by atoms with Crippen molar-refractivity contribution in [1.82, 2.24) is 9.29 Å². The Morgan fingerprint density at radius 2 is 1.83 bits per heavy atom. The summed E-state index contributed by atoms with van der Waals surface area (Å²) in [6.45, 7) is 2.73. The smallest absolute Gasteiger partial charge is 0.273 e. The number of sulfonamides is 1. The topological polar surface area (TPSA) is 68.2 Å². The largest absolute Gasteiger partial charge is 0.343 e. The fourth-order valence-corrected chi connectivity index (χ4v) is 5.32. The zero-order valence-corrected chi connectivity index (χ0v) is 17.9. The van der Waals surface area contributed by atoms with E-state index >= 15 is 0 Å². The van der Waals surface area contributed by atoms with E-state index in [4.69, 9.17) is 0 Å². The van der Waals surface area contributed by atoms with E-state index in [1.165, 1.54) is 23.1 Å². The predicted octanol–water partition coefficient (Wildman–Crippen LogP) is 4.58. The van der Waals surface area contributed by atoms with Crippen molar-refractivity contribution < 1.29 is 13.2 Å².